The molecule has 1 aliphatic heterocycles. The third-order valence-corrected chi connectivity index (χ3v) is 6.34. The van der Waals surface area contributed by atoms with Gasteiger partial charge in [-0.3, -0.25) is 4.79 Å². The topological polar surface area (TPSA) is 63.7 Å². The number of hydrogen-bond donors (Lipinski definition) is 0. The zero-order valence-corrected chi connectivity index (χ0v) is 17.9. The quantitative estimate of drug-likeness (QED) is 0.563. The minimum atomic E-state index is -3.30. The lowest BCUT2D eigenvalue weighted by Gasteiger charge is -2.28. The maximum absolute atomic E-state index is 13.2. The molecule has 3 rings (SSSR count). The first-order valence-corrected chi connectivity index (χ1v) is 11.6. The summed E-state index contributed by atoms with van der Waals surface area (Å²) in [6.45, 7) is 2.74. The first kappa shape index (κ1) is 20.6. The standard InChI is InChI=1S/C21H22BrNO4S/c1-2-3-13-27-20-10-4-16(5-11-20)21(24)23(18-8-6-17(22)7-9-18)19-12-14-28(25,26)15-19/h4-12,14,19H,2-3,13,15H2,1H3/t19-/m1/s1. The van der Waals surface area contributed by atoms with Crippen molar-refractivity contribution in [1.29, 1.82) is 0 Å². The van der Waals surface area contributed by atoms with Gasteiger partial charge >= 0.3 is 0 Å². The van der Waals surface area contributed by atoms with Gasteiger partial charge in [-0.05, 0) is 61.0 Å². The number of halogens is 1. The van der Waals surface area contributed by atoms with Crippen molar-refractivity contribution in [2.75, 3.05) is 17.3 Å². The molecular formula is C21H22BrNO4S. The second kappa shape index (κ2) is 8.92. The van der Waals surface area contributed by atoms with Crippen molar-refractivity contribution in [3.8, 4) is 5.75 Å². The zero-order chi connectivity index (χ0) is 20.1. The van der Waals surface area contributed by atoms with E-state index in [1.54, 1.807) is 42.5 Å². The van der Waals surface area contributed by atoms with E-state index < -0.39 is 15.9 Å². The van der Waals surface area contributed by atoms with Gasteiger partial charge in [-0.25, -0.2) is 8.42 Å². The average molecular weight is 464 g/mol. The molecule has 0 N–H and O–H groups in total. The summed E-state index contributed by atoms with van der Waals surface area (Å²) in [6.07, 6.45) is 3.59. The van der Waals surface area contributed by atoms with E-state index in [1.807, 2.05) is 12.1 Å². The molecule has 0 unspecified atom stereocenters. The number of hydrogen-bond acceptors (Lipinski definition) is 4. The van der Waals surface area contributed by atoms with Gasteiger partial charge in [0, 0.05) is 21.1 Å². The molecule has 0 aliphatic carbocycles. The Morgan fingerprint density at radius 3 is 2.39 bits per heavy atom. The second-order valence-electron chi connectivity index (χ2n) is 6.60. The van der Waals surface area contributed by atoms with E-state index in [0.29, 0.717) is 23.6 Å². The number of carbonyl (C=O) groups excluding carboxylic acids is 1. The van der Waals surface area contributed by atoms with E-state index in [2.05, 4.69) is 22.9 Å². The number of rotatable bonds is 7. The smallest absolute Gasteiger partial charge is 0.258 e. The molecule has 0 saturated carbocycles. The number of sulfone groups is 1. The highest BCUT2D eigenvalue weighted by Crippen LogP contribution is 2.27. The van der Waals surface area contributed by atoms with Crippen LogP contribution in [0.3, 0.4) is 0 Å². The van der Waals surface area contributed by atoms with Gasteiger partial charge in [-0.15, -0.1) is 0 Å². The average Bonchev–Trinajstić information content (AvgIpc) is 3.03. The number of benzene rings is 2. The maximum Gasteiger partial charge on any atom is 0.258 e. The minimum absolute atomic E-state index is 0.118. The fraction of sp³-hybridized carbons (Fsp3) is 0.286. The monoisotopic (exact) mass is 463 g/mol. The van der Waals surface area contributed by atoms with Crippen LogP contribution in [0.25, 0.3) is 0 Å². The molecule has 0 aromatic heterocycles. The maximum atomic E-state index is 13.2. The summed E-state index contributed by atoms with van der Waals surface area (Å²) in [7, 11) is -3.30. The first-order chi connectivity index (χ1) is 13.4. The van der Waals surface area contributed by atoms with Crippen LogP contribution in [0, 0.1) is 0 Å². The van der Waals surface area contributed by atoms with Crippen LogP contribution in [0.1, 0.15) is 30.1 Å². The van der Waals surface area contributed by atoms with Crippen molar-refractivity contribution >= 4 is 37.4 Å². The summed E-state index contributed by atoms with van der Waals surface area (Å²) in [5.74, 6) is 0.338. The summed E-state index contributed by atoms with van der Waals surface area (Å²) in [6, 6.07) is 13.7. The van der Waals surface area contributed by atoms with E-state index in [0.717, 1.165) is 17.3 Å². The molecule has 0 saturated heterocycles. The number of anilines is 1. The summed E-state index contributed by atoms with van der Waals surface area (Å²) < 4.78 is 30.3. The van der Waals surface area contributed by atoms with Crippen molar-refractivity contribution in [2.24, 2.45) is 0 Å². The Bertz CT molecular complexity index is 953. The Kier molecular flexibility index (Phi) is 6.57. The molecule has 0 fully saturated rings. The largest absolute Gasteiger partial charge is 0.494 e. The molecule has 0 radical (unpaired) electrons. The predicted molar refractivity (Wildman–Crippen MR) is 115 cm³/mol. The number of ether oxygens (including phenoxy) is 1. The fourth-order valence-electron chi connectivity index (χ4n) is 2.95. The Morgan fingerprint density at radius 2 is 1.82 bits per heavy atom. The molecule has 1 aliphatic rings. The molecule has 2 aromatic carbocycles. The molecule has 148 valence electrons. The van der Waals surface area contributed by atoms with Crippen LogP contribution < -0.4 is 9.64 Å². The van der Waals surface area contributed by atoms with Gasteiger partial charge in [-0.2, -0.15) is 0 Å². The zero-order valence-electron chi connectivity index (χ0n) is 15.5. The van der Waals surface area contributed by atoms with Crippen LogP contribution in [0.15, 0.2) is 64.5 Å². The lowest BCUT2D eigenvalue weighted by Crippen LogP contribution is -2.41. The van der Waals surface area contributed by atoms with E-state index in [1.165, 1.54) is 10.3 Å². The molecule has 2 aromatic rings. The molecule has 7 heteroatoms. The van der Waals surface area contributed by atoms with Crippen LogP contribution in [-0.4, -0.2) is 32.7 Å². The third-order valence-electron chi connectivity index (χ3n) is 4.43. The Labute approximate surface area is 174 Å². The van der Waals surface area contributed by atoms with E-state index in [9.17, 15) is 13.2 Å². The number of carbonyl (C=O) groups is 1. The van der Waals surface area contributed by atoms with Gasteiger partial charge in [0.1, 0.15) is 5.75 Å². The first-order valence-electron chi connectivity index (χ1n) is 9.12. The molecule has 0 bridgehead atoms. The van der Waals surface area contributed by atoms with Crippen molar-refractivity contribution in [3.05, 3.63) is 70.1 Å². The number of unbranched alkanes of at least 4 members (excludes halogenated alkanes) is 1. The van der Waals surface area contributed by atoms with Gasteiger partial charge in [0.25, 0.3) is 5.91 Å². The Hall–Kier alpha value is -2.12. The Balaban J connectivity index is 1.86. The minimum Gasteiger partial charge on any atom is -0.494 e. The van der Waals surface area contributed by atoms with Gasteiger partial charge < -0.3 is 9.64 Å². The second-order valence-corrected chi connectivity index (χ2v) is 9.45. The molecule has 1 heterocycles. The summed E-state index contributed by atoms with van der Waals surface area (Å²) in [5.41, 5.74) is 1.12. The summed E-state index contributed by atoms with van der Waals surface area (Å²) in [5, 5.41) is 1.18. The van der Waals surface area contributed by atoms with Crippen LogP contribution in [0.2, 0.25) is 0 Å². The van der Waals surface area contributed by atoms with Gasteiger partial charge in [0.15, 0.2) is 9.84 Å². The van der Waals surface area contributed by atoms with Crippen LogP contribution in [0.5, 0.6) is 5.75 Å². The summed E-state index contributed by atoms with van der Waals surface area (Å²) >= 11 is 3.38. The third kappa shape index (κ3) is 5.02. The number of amides is 1. The molecule has 28 heavy (non-hydrogen) atoms. The lowest BCUT2D eigenvalue weighted by molar-refractivity contribution is 0.0983. The molecule has 0 spiro atoms. The van der Waals surface area contributed by atoms with Gasteiger partial charge in [0.05, 0.1) is 18.4 Å². The van der Waals surface area contributed by atoms with E-state index in [4.69, 9.17) is 4.74 Å². The van der Waals surface area contributed by atoms with Gasteiger partial charge in [-0.1, -0.05) is 29.3 Å². The Morgan fingerprint density at radius 1 is 1.14 bits per heavy atom. The lowest BCUT2D eigenvalue weighted by atomic mass is 10.1. The normalized spacial score (nSPS) is 17.4. The van der Waals surface area contributed by atoms with Crippen molar-refractivity contribution in [1.82, 2.24) is 0 Å². The van der Waals surface area contributed by atoms with E-state index >= 15 is 0 Å². The summed E-state index contributed by atoms with van der Waals surface area (Å²) in [4.78, 5) is 14.8. The SMILES string of the molecule is CCCCOc1ccc(C(=O)N(c2ccc(Br)cc2)[C@@H]2C=CS(=O)(=O)C2)cc1. The molecule has 5 nitrogen and oxygen atoms in total. The highest BCUT2D eigenvalue weighted by Gasteiger charge is 2.32. The fourth-order valence-corrected chi connectivity index (χ4v) is 4.48. The molecule has 1 atom stereocenters. The molecule has 1 amide bonds. The van der Waals surface area contributed by atoms with Crippen molar-refractivity contribution < 1.29 is 17.9 Å². The molecular weight excluding hydrogens is 442 g/mol. The van der Waals surface area contributed by atoms with Crippen LogP contribution in [-0.2, 0) is 9.84 Å². The highest BCUT2D eigenvalue weighted by molar-refractivity contribution is 9.10. The van der Waals surface area contributed by atoms with Gasteiger partial charge in [0.2, 0.25) is 0 Å². The van der Waals surface area contributed by atoms with E-state index in [-0.39, 0.29) is 11.7 Å². The number of nitrogens with zero attached hydrogens (tertiary/aromatic N) is 1. The van der Waals surface area contributed by atoms with Crippen LogP contribution in [0.4, 0.5) is 5.69 Å². The predicted octanol–water partition coefficient (Wildman–Crippen LogP) is 4.59. The highest BCUT2D eigenvalue weighted by atomic mass is 79.9. The van der Waals surface area contributed by atoms with Crippen molar-refractivity contribution in [2.45, 2.75) is 25.8 Å². The van der Waals surface area contributed by atoms with Crippen LogP contribution >= 0.6 is 15.9 Å². The van der Waals surface area contributed by atoms with Crippen molar-refractivity contribution in [3.63, 3.8) is 0 Å².